The van der Waals surface area contributed by atoms with Crippen molar-refractivity contribution < 1.29 is 17.9 Å². The van der Waals surface area contributed by atoms with E-state index in [-0.39, 0.29) is 18.5 Å². The quantitative estimate of drug-likeness (QED) is 0.281. The van der Waals surface area contributed by atoms with E-state index in [9.17, 15) is 13.2 Å². The molecule has 7 nitrogen and oxygen atoms in total. The lowest BCUT2D eigenvalue weighted by atomic mass is 10.0. The summed E-state index contributed by atoms with van der Waals surface area (Å²) < 4.78 is 46.7. The van der Waals surface area contributed by atoms with E-state index in [2.05, 4.69) is 52.7 Å². The maximum Gasteiger partial charge on any atom is 0.419 e. The first-order chi connectivity index (χ1) is 19.3. The van der Waals surface area contributed by atoms with Gasteiger partial charge in [0.1, 0.15) is 17.7 Å². The Labute approximate surface area is 233 Å². The zero-order valence-electron chi connectivity index (χ0n) is 23.2. The van der Waals surface area contributed by atoms with Crippen molar-refractivity contribution in [3.63, 3.8) is 0 Å². The predicted octanol–water partition coefficient (Wildman–Crippen LogP) is 6.94. The maximum atomic E-state index is 13.5. The van der Waals surface area contributed by atoms with E-state index in [0.29, 0.717) is 24.7 Å². The SMILES string of the molecule is CCCc1nc(OC2CCCC2)nc(Nc2ccc3c(c2)N(C)CCC3)c1CCNc1ncccc1C(F)(F)F. The lowest BCUT2D eigenvalue weighted by Crippen LogP contribution is -2.24. The second-order valence-corrected chi connectivity index (χ2v) is 10.6. The molecule has 0 saturated heterocycles. The number of fused-ring (bicyclic) bond motifs is 1. The van der Waals surface area contributed by atoms with Crippen LogP contribution in [0.3, 0.4) is 0 Å². The van der Waals surface area contributed by atoms with Crippen molar-refractivity contribution in [2.75, 3.05) is 35.7 Å². The van der Waals surface area contributed by atoms with E-state index in [1.807, 2.05) is 0 Å². The first kappa shape index (κ1) is 28.0. The summed E-state index contributed by atoms with van der Waals surface area (Å²) in [7, 11) is 2.10. The fourth-order valence-electron chi connectivity index (χ4n) is 5.58. The molecule has 0 amide bonds. The number of hydrogen-bond donors (Lipinski definition) is 2. The van der Waals surface area contributed by atoms with Crippen LogP contribution in [0.25, 0.3) is 0 Å². The first-order valence-electron chi connectivity index (χ1n) is 14.3. The fraction of sp³-hybridized carbons (Fsp3) is 0.500. The summed E-state index contributed by atoms with van der Waals surface area (Å²) >= 11 is 0. The highest BCUT2D eigenvalue weighted by Crippen LogP contribution is 2.35. The Bertz CT molecular complexity index is 1310. The van der Waals surface area contributed by atoms with Crippen LogP contribution in [0, 0.1) is 0 Å². The molecule has 2 N–H and O–H groups in total. The van der Waals surface area contributed by atoms with Gasteiger partial charge in [-0.1, -0.05) is 19.4 Å². The molecule has 3 heterocycles. The second kappa shape index (κ2) is 12.3. The van der Waals surface area contributed by atoms with Crippen molar-refractivity contribution in [2.45, 2.75) is 77.0 Å². The molecule has 1 aliphatic heterocycles. The lowest BCUT2D eigenvalue weighted by molar-refractivity contribution is -0.137. The van der Waals surface area contributed by atoms with Gasteiger partial charge in [0.2, 0.25) is 0 Å². The van der Waals surface area contributed by atoms with Gasteiger partial charge in [0.05, 0.1) is 11.3 Å². The van der Waals surface area contributed by atoms with Crippen molar-refractivity contribution in [1.82, 2.24) is 15.0 Å². The molecule has 0 bridgehead atoms. The second-order valence-electron chi connectivity index (χ2n) is 10.6. The number of halogens is 3. The zero-order valence-corrected chi connectivity index (χ0v) is 23.2. The highest BCUT2D eigenvalue weighted by molar-refractivity contribution is 5.68. The zero-order chi connectivity index (χ0) is 28.1. The van der Waals surface area contributed by atoms with E-state index in [4.69, 9.17) is 14.7 Å². The summed E-state index contributed by atoms with van der Waals surface area (Å²) in [5.74, 6) is 0.449. The van der Waals surface area contributed by atoms with Crippen molar-refractivity contribution in [3.05, 3.63) is 58.9 Å². The van der Waals surface area contributed by atoms with Gasteiger partial charge in [0.15, 0.2) is 0 Å². The third kappa shape index (κ3) is 6.59. The Morgan fingerprint density at radius 2 is 1.88 bits per heavy atom. The van der Waals surface area contributed by atoms with E-state index in [1.54, 1.807) is 0 Å². The number of aromatic nitrogens is 3. The number of nitrogens with zero attached hydrogens (tertiary/aromatic N) is 4. The molecule has 1 aromatic carbocycles. The van der Waals surface area contributed by atoms with Crippen molar-refractivity contribution >= 4 is 23.0 Å². The lowest BCUT2D eigenvalue weighted by Gasteiger charge is -2.28. The highest BCUT2D eigenvalue weighted by Gasteiger charge is 2.34. The molecule has 214 valence electrons. The van der Waals surface area contributed by atoms with Gasteiger partial charge in [-0.3, -0.25) is 0 Å². The number of hydrogen-bond acceptors (Lipinski definition) is 7. The number of anilines is 4. The number of benzene rings is 1. The monoisotopic (exact) mass is 554 g/mol. The van der Waals surface area contributed by atoms with Gasteiger partial charge in [0.25, 0.3) is 0 Å². The molecule has 0 atom stereocenters. The van der Waals surface area contributed by atoms with E-state index < -0.39 is 11.7 Å². The van der Waals surface area contributed by atoms with Crippen molar-refractivity contribution in [1.29, 1.82) is 0 Å². The standard InChI is InChI=1S/C30H37F3N6O/c1-3-8-25-23(15-17-35-28-24(30(31,32)33)12-6-16-34-28)27(38-29(37-25)40-22-10-4-5-11-22)36-21-14-13-20-9-7-18-39(2)26(20)19-21/h6,12-14,16,19,22H,3-5,7-11,15,17-18H2,1-2H3,(H,34,35)(H,36,37,38). The van der Waals surface area contributed by atoms with Crippen LogP contribution in [0.2, 0.25) is 0 Å². The summed E-state index contributed by atoms with van der Waals surface area (Å²) in [6.45, 7) is 3.33. The minimum absolute atomic E-state index is 0.109. The molecule has 1 fully saturated rings. The third-order valence-electron chi connectivity index (χ3n) is 7.61. The van der Waals surface area contributed by atoms with E-state index >= 15 is 0 Å². The number of ether oxygens (including phenoxy) is 1. The van der Waals surface area contributed by atoms with Gasteiger partial charge >= 0.3 is 12.2 Å². The minimum Gasteiger partial charge on any atom is -0.460 e. The maximum absolute atomic E-state index is 13.5. The third-order valence-corrected chi connectivity index (χ3v) is 7.61. The fourth-order valence-corrected chi connectivity index (χ4v) is 5.58. The Balaban J connectivity index is 1.45. The van der Waals surface area contributed by atoms with Crippen LogP contribution in [-0.2, 0) is 25.4 Å². The summed E-state index contributed by atoms with van der Waals surface area (Å²) in [6, 6.07) is 9.03. The number of alkyl halides is 3. The average Bonchev–Trinajstić information content (AvgIpc) is 3.43. The molecule has 40 heavy (non-hydrogen) atoms. The predicted molar refractivity (Wildman–Crippen MR) is 152 cm³/mol. The molecule has 10 heteroatoms. The molecule has 0 radical (unpaired) electrons. The van der Waals surface area contributed by atoms with Crippen LogP contribution in [-0.4, -0.2) is 41.2 Å². The van der Waals surface area contributed by atoms with Gasteiger partial charge in [-0.2, -0.15) is 23.1 Å². The number of rotatable bonds is 10. The Morgan fingerprint density at radius 3 is 2.65 bits per heavy atom. The summed E-state index contributed by atoms with van der Waals surface area (Å²) in [4.78, 5) is 15.8. The topological polar surface area (TPSA) is 75.2 Å². The van der Waals surface area contributed by atoms with Gasteiger partial charge in [-0.05, 0) is 81.2 Å². The van der Waals surface area contributed by atoms with Gasteiger partial charge in [-0.15, -0.1) is 0 Å². The van der Waals surface area contributed by atoms with Gasteiger partial charge in [0, 0.05) is 43.3 Å². The first-order valence-corrected chi connectivity index (χ1v) is 14.3. The highest BCUT2D eigenvalue weighted by atomic mass is 19.4. The van der Waals surface area contributed by atoms with Gasteiger partial charge < -0.3 is 20.3 Å². The van der Waals surface area contributed by atoms with Crippen LogP contribution in [0.1, 0.15) is 67.8 Å². The number of pyridine rings is 1. The normalized spacial score (nSPS) is 15.7. The largest absolute Gasteiger partial charge is 0.460 e. The molecule has 2 aromatic heterocycles. The van der Waals surface area contributed by atoms with Crippen molar-refractivity contribution in [2.24, 2.45) is 0 Å². The number of nitrogens with one attached hydrogen (secondary N) is 2. The van der Waals surface area contributed by atoms with Crippen LogP contribution < -0.4 is 20.3 Å². The van der Waals surface area contributed by atoms with E-state index in [0.717, 1.165) is 74.5 Å². The summed E-state index contributed by atoms with van der Waals surface area (Å²) in [5, 5.41) is 6.41. The van der Waals surface area contributed by atoms with Gasteiger partial charge in [-0.25, -0.2) is 4.98 Å². The smallest absolute Gasteiger partial charge is 0.419 e. The van der Waals surface area contributed by atoms with Crippen LogP contribution in [0.4, 0.5) is 36.2 Å². The Hall–Kier alpha value is -3.56. The molecule has 2 aliphatic rings. The molecule has 1 saturated carbocycles. The molecular weight excluding hydrogens is 517 g/mol. The molecular formula is C30H37F3N6O. The van der Waals surface area contributed by atoms with E-state index in [1.165, 1.54) is 23.5 Å². The van der Waals surface area contributed by atoms with Crippen LogP contribution in [0.15, 0.2) is 36.5 Å². The Morgan fingerprint density at radius 1 is 1.05 bits per heavy atom. The Kier molecular flexibility index (Phi) is 8.61. The summed E-state index contributed by atoms with van der Waals surface area (Å²) in [5.41, 5.74) is 4.35. The van der Waals surface area contributed by atoms with Crippen LogP contribution >= 0.6 is 0 Å². The average molecular weight is 555 g/mol. The molecule has 1 aliphatic carbocycles. The molecule has 5 rings (SSSR count). The summed E-state index contributed by atoms with van der Waals surface area (Å²) in [6.07, 6.45) is 5.40. The molecule has 0 unspecified atom stereocenters. The molecule has 0 spiro atoms. The molecule has 3 aromatic rings. The number of aryl methyl sites for hydroxylation is 2. The van der Waals surface area contributed by atoms with Crippen LogP contribution in [0.5, 0.6) is 6.01 Å². The van der Waals surface area contributed by atoms with Crippen molar-refractivity contribution in [3.8, 4) is 6.01 Å². The minimum atomic E-state index is -4.49.